The fourth-order valence-electron chi connectivity index (χ4n) is 3.43. The van der Waals surface area contributed by atoms with E-state index >= 15 is 0 Å². The Morgan fingerprint density at radius 3 is 2.43 bits per heavy atom. The van der Waals surface area contributed by atoms with Gasteiger partial charge in [-0.15, -0.1) is 0 Å². The van der Waals surface area contributed by atoms with Crippen LogP contribution in [0.3, 0.4) is 0 Å². The first kappa shape index (κ1) is 20.3. The van der Waals surface area contributed by atoms with Crippen LogP contribution < -0.4 is 4.74 Å². The molecule has 30 heavy (non-hydrogen) atoms. The fourth-order valence-corrected chi connectivity index (χ4v) is 4.05. The molecule has 5 nitrogen and oxygen atoms in total. The molecule has 8 heteroatoms. The third kappa shape index (κ3) is 3.99. The van der Waals surface area contributed by atoms with Gasteiger partial charge >= 0.3 is 0 Å². The Balaban J connectivity index is 1.91. The number of aldehydes is 1. The van der Waals surface area contributed by atoms with E-state index in [1.165, 1.54) is 24.4 Å². The maximum atomic E-state index is 13.9. The summed E-state index contributed by atoms with van der Waals surface area (Å²) in [7, 11) is -2.54. The topological polar surface area (TPSA) is 73.3 Å². The zero-order chi connectivity index (χ0) is 21.3. The highest BCUT2D eigenvalue weighted by atomic mass is 35.5. The van der Waals surface area contributed by atoms with Crippen molar-refractivity contribution in [2.24, 2.45) is 0 Å². The molecule has 0 saturated heterocycles. The molecule has 0 bridgehead atoms. The average Bonchev–Trinajstić information content (AvgIpc) is 2.73. The van der Waals surface area contributed by atoms with Crippen LogP contribution in [0.5, 0.6) is 5.75 Å². The van der Waals surface area contributed by atoms with Crippen molar-refractivity contribution in [2.45, 2.75) is 11.7 Å². The van der Waals surface area contributed by atoms with E-state index in [2.05, 4.69) is 4.98 Å². The number of nitrogens with zero attached hydrogens (tertiary/aromatic N) is 1. The number of thiol groups is 1. The van der Waals surface area contributed by atoms with Gasteiger partial charge in [0.2, 0.25) is 0 Å². The number of aromatic nitrogens is 1. The first-order chi connectivity index (χ1) is 14.5. The van der Waals surface area contributed by atoms with E-state index in [1.807, 2.05) is 0 Å². The molecule has 0 saturated carbocycles. The van der Waals surface area contributed by atoms with Gasteiger partial charge in [0.05, 0.1) is 11.7 Å². The van der Waals surface area contributed by atoms with Gasteiger partial charge in [0.1, 0.15) is 39.5 Å². The number of ether oxygens (including phenoxy) is 1. The summed E-state index contributed by atoms with van der Waals surface area (Å²) in [5.41, 5.74) is 2.82. The van der Waals surface area contributed by atoms with Gasteiger partial charge in [-0.05, 0) is 35.9 Å². The van der Waals surface area contributed by atoms with Gasteiger partial charge in [-0.3, -0.25) is 0 Å². The number of halogens is 2. The van der Waals surface area contributed by atoms with Gasteiger partial charge in [-0.25, -0.2) is 17.8 Å². The van der Waals surface area contributed by atoms with Gasteiger partial charge < -0.3 is 9.53 Å². The number of allylic oxidation sites excluding steroid dienone is 1. The van der Waals surface area contributed by atoms with Crippen LogP contribution in [0.2, 0.25) is 5.15 Å². The SMILES string of the molecule is O=CC1C(c2ccc(Cl)nc2)=C(c2ccc(C[SH](=O)=O)cc2)Oc2ccc(F)cc21. The molecular formula is C22H15ClFNO4S. The Labute approximate surface area is 178 Å². The van der Waals surface area contributed by atoms with Crippen molar-refractivity contribution in [1.82, 2.24) is 4.98 Å². The molecular weight excluding hydrogens is 429 g/mol. The van der Waals surface area contributed by atoms with Crippen molar-refractivity contribution < 1.29 is 22.3 Å². The van der Waals surface area contributed by atoms with Crippen LogP contribution in [-0.4, -0.2) is 19.7 Å². The molecule has 1 atom stereocenters. The Kier molecular flexibility index (Phi) is 5.65. The minimum Gasteiger partial charge on any atom is -0.456 e. The highest BCUT2D eigenvalue weighted by Gasteiger charge is 2.32. The molecule has 1 aromatic heterocycles. The molecule has 0 amide bonds. The molecule has 0 aliphatic carbocycles. The van der Waals surface area contributed by atoms with Gasteiger partial charge in [0.15, 0.2) is 0 Å². The number of hydrogen-bond acceptors (Lipinski definition) is 5. The zero-order valence-electron chi connectivity index (χ0n) is 15.4. The predicted octanol–water partition coefficient (Wildman–Crippen LogP) is 4.23. The lowest BCUT2D eigenvalue weighted by molar-refractivity contribution is -0.108. The number of pyridine rings is 1. The summed E-state index contributed by atoms with van der Waals surface area (Å²) in [5, 5.41) is 0.294. The third-order valence-corrected chi connectivity index (χ3v) is 5.62. The summed E-state index contributed by atoms with van der Waals surface area (Å²) in [6, 6.07) is 14.2. The van der Waals surface area contributed by atoms with Crippen LogP contribution in [0.15, 0.2) is 60.8 Å². The first-order valence-corrected chi connectivity index (χ1v) is 10.7. The Hall–Kier alpha value is -3.03. The molecule has 2 heterocycles. The Morgan fingerprint density at radius 1 is 1.07 bits per heavy atom. The Bertz CT molecular complexity index is 1210. The third-order valence-electron chi connectivity index (χ3n) is 4.78. The molecule has 4 rings (SSSR count). The number of carbonyl (C=O) groups excluding carboxylic acids is 1. The largest absolute Gasteiger partial charge is 0.456 e. The summed E-state index contributed by atoms with van der Waals surface area (Å²) in [5.74, 6) is -0.535. The van der Waals surface area contributed by atoms with Crippen LogP contribution >= 0.6 is 11.6 Å². The van der Waals surface area contributed by atoms with E-state index in [-0.39, 0.29) is 5.75 Å². The molecule has 1 aliphatic heterocycles. The number of hydrogen-bond donors (Lipinski definition) is 1. The smallest absolute Gasteiger partial charge is 0.144 e. The van der Waals surface area contributed by atoms with Crippen LogP contribution in [0, 0.1) is 5.82 Å². The zero-order valence-corrected chi connectivity index (χ0v) is 17.1. The lowest BCUT2D eigenvalue weighted by Crippen LogP contribution is -2.16. The van der Waals surface area contributed by atoms with Gasteiger partial charge in [-0.2, -0.15) is 0 Å². The predicted molar refractivity (Wildman–Crippen MR) is 112 cm³/mol. The maximum absolute atomic E-state index is 13.9. The van der Waals surface area contributed by atoms with E-state index in [1.54, 1.807) is 36.4 Å². The molecule has 2 aromatic carbocycles. The minimum atomic E-state index is -2.54. The highest BCUT2D eigenvalue weighted by molar-refractivity contribution is 7.71. The molecule has 1 aliphatic rings. The Morgan fingerprint density at radius 2 is 1.80 bits per heavy atom. The second-order valence-electron chi connectivity index (χ2n) is 6.70. The van der Waals surface area contributed by atoms with E-state index in [0.717, 1.165) is 6.29 Å². The average molecular weight is 444 g/mol. The van der Waals surface area contributed by atoms with E-state index in [9.17, 15) is 17.6 Å². The van der Waals surface area contributed by atoms with Crippen LogP contribution in [0.1, 0.15) is 28.2 Å². The molecule has 3 aromatic rings. The lowest BCUT2D eigenvalue weighted by Gasteiger charge is -2.28. The second-order valence-corrected chi connectivity index (χ2v) is 8.07. The number of fused-ring (bicyclic) bond motifs is 1. The highest BCUT2D eigenvalue weighted by Crippen LogP contribution is 2.46. The molecule has 1 unspecified atom stereocenters. The summed E-state index contributed by atoms with van der Waals surface area (Å²) < 4.78 is 42.0. The minimum absolute atomic E-state index is 0.0669. The summed E-state index contributed by atoms with van der Waals surface area (Å²) >= 11 is 5.91. The number of rotatable bonds is 5. The normalized spacial score (nSPS) is 15.6. The van der Waals surface area contributed by atoms with E-state index in [4.69, 9.17) is 16.3 Å². The van der Waals surface area contributed by atoms with Crippen molar-refractivity contribution in [2.75, 3.05) is 0 Å². The van der Waals surface area contributed by atoms with E-state index in [0.29, 0.717) is 44.5 Å². The first-order valence-electron chi connectivity index (χ1n) is 8.96. The monoisotopic (exact) mass is 443 g/mol. The van der Waals surface area contributed by atoms with Crippen molar-refractivity contribution >= 4 is 39.9 Å². The second kappa shape index (κ2) is 8.38. The standard InChI is InChI=1S/C22H15ClFNO4S/c23-20-8-5-15(10-25-20)21-18(11-26)17-9-16(24)6-7-19(17)29-22(21)14-3-1-13(2-4-14)12-30(27)28/h1-11,18,30H,12H2. The van der Waals surface area contributed by atoms with Crippen LogP contribution in [0.25, 0.3) is 11.3 Å². The molecule has 0 N–H and O–H groups in total. The van der Waals surface area contributed by atoms with Crippen molar-refractivity contribution in [3.05, 3.63) is 94.0 Å². The summed E-state index contributed by atoms with van der Waals surface area (Å²) in [4.78, 5) is 16.2. The van der Waals surface area contributed by atoms with Gasteiger partial charge in [0, 0.05) is 28.5 Å². The van der Waals surface area contributed by atoms with Crippen molar-refractivity contribution in [1.29, 1.82) is 0 Å². The summed E-state index contributed by atoms with van der Waals surface area (Å²) in [6.45, 7) is 0. The molecule has 0 fully saturated rings. The lowest BCUT2D eigenvalue weighted by atomic mass is 9.83. The van der Waals surface area contributed by atoms with Crippen LogP contribution in [0.4, 0.5) is 4.39 Å². The fraction of sp³-hybridized carbons (Fsp3) is 0.0909. The number of carbonyl (C=O) groups is 1. The van der Waals surface area contributed by atoms with Gasteiger partial charge in [0.25, 0.3) is 0 Å². The maximum Gasteiger partial charge on any atom is 0.144 e. The van der Waals surface area contributed by atoms with Gasteiger partial charge in [-0.1, -0.05) is 35.9 Å². The van der Waals surface area contributed by atoms with Crippen LogP contribution in [-0.2, 0) is 21.3 Å². The van der Waals surface area contributed by atoms with Crippen molar-refractivity contribution in [3.8, 4) is 5.75 Å². The molecule has 152 valence electrons. The van der Waals surface area contributed by atoms with Crippen molar-refractivity contribution in [3.63, 3.8) is 0 Å². The summed E-state index contributed by atoms with van der Waals surface area (Å²) in [6.07, 6.45) is 2.26. The molecule has 0 radical (unpaired) electrons. The number of benzene rings is 2. The molecule has 0 spiro atoms. The quantitative estimate of drug-likeness (QED) is 0.363. The van der Waals surface area contributed by atoms with E-state index < -0.39 is 22.4 Å².